The quantitative estimate of drug-likeness (QED) is 0.714. The van der Waals surface area contributed by atoms with Crippen molar-refractivity contribution in [3.8, 4) is 0 Å². The van der Waals surface area contributed by atoms with Crippen LogP contribution in [0, 0.1) is 17.7 Å². The monoisotopic (exact) mass is 453 g/mol. The molecule has 1 saturated carbocycles. The maximum Gasteiger partial charge on any atom is 0.248 e. The molecule has 176 valence electrons. The molecule has 0 spiro atoms. The van der Waals surface area contributed by atoms with Crippen molar-refractivity contribution in [3.05, 3.63) is 29.6 Å². The fourth-order valence-electron chi connectivity index (χ4n) is 4.60. The van der Waals surface area contributed by atoms with E-state index in [-0.39, 0.29) is 44.3 Å². The molecule has 32 heavy (non-hydrogen) atoms. The summed E-state index contributed by atoms with van der Waals surface area (Å²) in [5, 5.41) is 2.64. The lowest BCUT2D eigenvalue weighted by Gasteiger charge is -2.37. The van der Waals surface area contributed by atoms with Crippen LogP contribution in [0.15, 0.2) is 18.2 Å². The van der Waals surface area contributed by atoms with E-state index in [1.54, 1.807) is 12.1 Å². The Morgan fingerprint density at radius 1 is 1.22 bits per heavy atom. The Kier molecular flexibility index (Phi) is 6.58. The summed E-state index contributed by atoms with van der Waals surface area (Å²) in [6, 6.07) is 3.34. The molecule has 1 aliphatic heterocycles. The molecule has 2 atom stereocenters. The first kappa shape index (κ1) is 24.1. The van der Waals surface area contributed by atoms with E-state index in [1.165, 1.54) is 11.0 Å². The van der Waals surface area contributed by atoms with Crippen molar-refractivity contribution < 1.29 is 27.6 Å². The average molecular weight is 454 g/mol. The fraction of sp³-hybridized carbons (Fsp3) is 0.609. The van der Waals surface area contributed by atoms with Crippen molar-refractivity contribution in [3.63, 3.8) is 0 Å². The number of likely N-dealkylation sites (tertiary alicyclic amines) is 1. The summed E-state index contributed by atoms with van der Waals surface area (Å²) < 4.78 is 42.0. The molecule has 2 aliphatic rings. The van der Waals surface area contributed by atoms with Crippen LogP contribution in [0.4, 0.5) is 18.9 Å². The molecule has 3 amide bonds. The molecular formula is C23H30F3N3O3. The summed E-state index contributed by atoms with van der Waals surface area (Å²) in [5.41, 5.74) is 5.62. The SMILES string of the molecule is CC(C)(C)c1ccc(NC(=O)[C@@H](C2CCC(F)(F)CC2)N2C[C@@H](C(N)=O)CC2=O)cc1F. The van der Waals surface area contributed by atoms with E-state index in [0.29, 0.717) is 5.56 Å². The Morgan fingerprint density at radius 2 is 1.84 bits per heavy atom. The number of rotatable bonds is 5. The molecular weight excluding hydrogens is 423 g/mol. The molecule has 1 aromatic carbocycles. The number of anilines is 1. The van der Waals surface area contributed by atoms with Gasteiger partial charge in [-0.05, 0) is 41.9 Å². The third-order valence-electron chi connectivity index (χ3n) is 6.42. The molecule has 1 aliphatic carbocycles. The Morgan fingerprint density at radius 3 is 2.34 bits per heavy atom. The zero-order chi connectivity index (χ0) is 23.8. The van der Waals surface area contributed by atoms with Crippen molar-refractivity contribution >= 4 is 23.4 Å². The van der Waals surface area contributed by atoms with Gasteiger partial charge in [-0.25, -0.2) is 13.2 Å². The van der Waals surface area contributed by atoms with Gasteiger partial charge in [0.2, 0.25) is 23.6 Å². The molecule has 0 unspecified atom stereocenters. The Bertz CT molecular complexity index is 903. The predicted molar refractivity (Wildman–Crippen MR) is 113 cm³/mol. The maximum absolute atomic E-state index is 14.6. The van der Waals surface area contributed by atoms with Crippen LogP contribution in [0.25, 0.3) is 0 Å². The molecule has 0 bridgehead atoms. The molecule has 9 heteroatoms. The average Bonchev–Trinajstić information content (AvgIpc) is 3.04. The van der Waals surface area contributed by atoms with Crippen LogP contribution in [0.5, 0.6) is 0 Å². The number of nitrogens with zero attached hydrogens (tertiary/aromatic N) is 1. The molecule has 1 aromatic rings. The van der Waals surface area contributed by atoms with Crippen molar-refractivity contribution in [2.45, 2.75) is 70.3 Å². The smallest absolute Gasteiger partial charge is 0.248 e. The number of hydrogen-bond acceptors (Lipinski definition) is 3. The first-order valence-corrected chi connectivity index (χ1v) is 10.9. The molecule has 6 nitrogen and oxygen atoms in total. The van der Waals surface area contributed by atoms with Gasteiger partial charge < -0.3 is 16.0 Å². The zero-order valence-corrected chi connectivity index (χ0v) is 18.6. The minimum Gasteiger partial charge on any atom is -0.369 e. The summed E-state index contributed by atoms with van der Waals surface area (Å²) >= 11 is 0. The topological polar surface area (TPSA) is 92.5 Å². The van der Waals surface area contributed by atoms with Gasteiger partial charge in [-0.15, -0.1) is 0 Å². The highest BCUT2D eigenvalue weighted by atomic mass is 19.3. The van der Waals surface area contributed by atoms with Crippen LogP contribution in [-0.4, -0.2) is 41.1 Å². The van der Waals surface area contributed by atoms with Crippen molar-refractivity contribution in [2.75, 3.05) is 11.9 Å². The van der Waals surface area contributed by atoms with Gasteiger partial charge in [-0.1, -0.05) is 26.8 Å². The number of carbonyl (C=O) groups is 3. The molecule has 2 fully saturated rings. The summed E-state index contributed by atoms with van der Waals surface area (Å²) in [6.45, 7) is 5.57. The van der Waals surface area contributed by atoms with Crippen molar-refractivity contribution in [2.24, 2.45) is 17.6 Å². The van der Waals surface area contributed by atoms with E-state index in [0.717, 1.165) is 0 Å². The summed E-state index contributed by atoms with van der Waals surface area (Å²) in [6.07, 6.45) is -0.743. The highest BCUT2D eigenvalue weighted by Gasteiger charge is 2.46. The largest absolute Gasteiger partial charge is 0.369 e. The minimum atomic E-state index is -2.80. The number of halogens is 3. The second-order valence-corrected chi connectivity index (χ2v) is 9.92. The summed E-state index contributed by atoms with van der Waals surface area (Å²) in [7, 11) is 0. The fourth-order valence-corrected chi connectivity index (χ4v) is 4.60. The van der Waals surface area contributed by atoms with Crippen LogP contribution in [-0.2, 0) is 19.8 Å². The van der Waals surface area contributed by atoms with E-state index in [2.05, 4.69) is 5.32 Å². The lowest BCUT2D eigenvalue weighted by atomic mass is 9.81. The normalized spacial score (nSPS) is 22.6. The van der Waals surface area contributed by atoms with E-state index < -0.39 is 52.8 Å². The van der Waals surface area contributed by atoms with E-state index in [4.69, 9.17) is 5.73 Å². The van der Waals surface area contributed by atoms with Crippen LogP contribution in [0.2, 0.25) is 0 Å². The number of hydrogen-bond donors (Lipinski definition) is 2. The van der Waals surface area contributed by atoms with Gasteiger partial charge in [0.05, 0.1) is 5.92 Å². The molecule has 3 rings (SSSR count). The van der Waals surface area contributed by atoms with Crippen molar-refractivity contribution in [1.82, 2.24) is 4.90 Å². The number of nitrogens with one attached hydrogen (secondary N) is 1. The van der Waals surface area contributed by atoms with Gasteiger partial charge in [0.1, 0.15) is 11.9 Å². The van der Waals surface area contributed by atoms with Gasteiger partial charge in [-0.3, -0.25) is 14.4 Å². The number of primary amides is 1. The second kappa shape index (κ2) is 8.75. The zero-order valence-electron chi connectivity index (χ0n) is 18.6. The van der Waals surface area contributed by atoms with Crippen LogP contribution >= 0.6 is 0 Å². The third kappa shape index (κ3) is 5.24. The van der Waals surface area contributed by atoms with Gasteiger partial charge >= 0.3 is 0 Å². The Labute approximate surface area is 185 Å². The number of amides is 3. The molecule has 0 radical (unpaired) electrons. The summed E-state index contributed by atoms with van der Waals surface area (Å²) in [4.78, 5) is 38.7. The molecule has 3 N–H and O–H groups in total. The highest BCUT2D eigenvalue weighted by molar-refractivity contribution is 5.99. The van der Waals surface area contributed by atoms with Gasteiger partial charge in [0, 0.05) is 31.5 Å². The number of alkyl halides is 2. The summed E-state index contributed by atoms with van der Waals surface area (Å²) in [5.74, 6) is -6.14. The van der Waals surface area contributed by atoms with Gasteiger partial charge in [0.25, 0.3) is 0 Å². The standard InChI is InChI=1S/C23H30F3N3O3/c1-22(2,3)16-5-4-15(11-17(16)24)28-21(32)19(13-6-8-23(25,26)9-7-13)29-12-14(20(27)31)10-18(29)30/h4-5,11,13-14,19H,6-10,12H2,1-3H3,(H2,27,31)(H,28,32)/t14-,19+/m0/s1. The molecule has 0 aromatic heterocycles. The second-order valence-electron chi connectivity index (χ2n) is 9.92. The van der Waals surface area contributed by atoms with E-state index >= 15 is 0 Å². The van der Waals surface area contributed by atoms with Gasteiger partial charge in [-0.2, -0.15) is 0 Å². The number of nitrogens with two attached hydrogens (primary N) is 1. The van der Waals surface area contributed by atoms with E-state index in [1.807, 2.05) is 20.8 Å². The first-order chi connectivity index (χ1) is 14.8. The highest BCUT2D eigenvalue weighted by Crippen LogP contribution is 2.40. The Hall–Kier alpha value is -2.58. The maximum atomic E-state index is 14.6. The van der Waals surface area contributed by atoms with Gasteiger partial charge in [0.15, 0.2) is 0 Å². The van der Waals surface area contributed by atoms with Crippen molar-refractivity contribution in [1.29, 1.82) is 0 Å². The van der Waals surface area contributed by atoms with Crippen LogP contribution < -0.4 is 11.1 Å². The molecule has 1 heterocycles. The third-order valence-corrected chi connectivity index (χ3v) is 6.42. The van der Waals surface area contributed by atoms with Crippen LogP contribution in [0.1, 0.15) is 58.4 Å². The Balaban J connectivity index is 1.85. The lowest BCUT2D eigenvalue weighted by molar-refractivity contribution is -0.139. The van der Waals surface area contributed by atoms with E-state index in [9.17, 15) is 27.6 Å². The number of carbonyl (C=O) groups excluding carboxylic acids is 3. The lowest BCUT2D eigenvalue weighted by Crippen LogP contribution is -2.51. The van der Waals surface area contributed by atoms with Crippen LogP contribution in [0.3, 0.4) is 0 Å². The first-order valence-electron chi connectivity index (χ1n) is 10.9. The predicted octanol–water partition coefficient (Wildman–Crippen LogP) is 3.59. The molecule has 1 saturated heterocycles. The number of benzene rings is 1. The minimum absolute atomic E-state index is 0.0313.